The van der Waals surface area contributed by atoms with Crippen LogP contribution >= 0.6 is 0 Å². The highest BCUT2D eigenvalue weighted by atomic mass is 16.5. The van der Waals surface area contributed by atoms with Crippen LogP contribution in [0.15, 0.2) is 0 Å². The summed E-state index contributed by atoms with van der Waals surface area (Å²) in [6, 6.07) is 0. The Morgan fingerprint density at radius 2 is 1.29 bits per heavy atom. The van der Waals surface area contributed by atoms with Gasteiger partial charge in [0.1, 0.15) is 6.10 Å². The SMILES string of the molecule is CCCCCCCCCCCCC(OC(=O)C1CCC(C(=O)O)CC1)C(C)C. The van der Waals surface area contributed by atoms with Gasteiger partial charge in [-0.05, 0) is 44.4 Å². The van der Waals surface area contributed by atoms with Crippen molar-refractivity contribution in [1.82, 2.24) is 0 Å². The maximum Gasteiger partial charge on any atom is 0.309 e. The summed E-state index contributed by atoms with van der Waals surface area (Å²) in [4.78, 5) is 23.6. The van der Waals surface area contributed by atoms with Crippen LogP contribution in [0.5, 0.6) is 0 Å². The Morgan fingerprint density at radius 1 is 0.821 bits per heavy atom. The summed E-state index contributed by atoms with van der Waals surface area (Å²) in [5.74, 6) is -0.888. The second-order valence-electron chi connectivity index (χ2n) is 9.08. The van der Waals surface area contributed by atoms with Crippen molar-refractivity contribution in [3.8, 4) is 0 Å². The number of carbonyl (C=O) groups excluding carboxylic acids is 1. The molecule has 0 aliphatic heterocycles. The molecule has 1 rings (SSSR count). The first kappa shape index (κ1) is 25.0. The summed E-state index contributed by atoms with van der Waals surface area (Å²) in [6.45, 7) is 6.50. The summed E-state index contributed by atoms with van der Waals surface area (Å²) in [5, 5.41) is 9.09. The Morgan fingerprint density at radius 3 is 1.75 bits per heavy atom. The smallest absolute Gasteiger partial charge is 0.309 e. The van der Waals surface area contributed by atoms with Crippen molar-refractivity contribution in [2.45, 2.75) is 123 Å². The molecule has 0 aromatic rings. The van der Waals surface area contributed by atoms with Gasteiger partial charge in [0.25, 0.3) is 0 Å². The number of carbonyl (C=O) groups is 2. The molecule has 0 bridgehead atoms. The number of unbranched alkanes of at least 4 members (excludes halogenated alkanes) is 9. The van der Waals surface area contributed by atoms with E-state index in [4.69, 9.17) is 9.84 Å². The van der Waals surface area contributed by atoms with E-state index in [2.05, 4.69) is 20.8 Å². The number of ether oxygens (including phenoxy) is 1. The maximum absolute atomic E-state index is 12.5. The molecule has 1 unspecified atom stereocenters. The molecular weight excluding hydrogens is 352 g/mol. The minimum absolute atomic E-state index is 0.00117. The third-order valence-electron chi connectivity index (χ3n) is 6.26. The van der Waals surface area contributed by atoms with Gasteiger partial charge in [-0.25, -0.2) is 0 Å². The van der Waals surface area contributed by atoms with Crippen LogP contribution in [0.3, 0.4) is 0 Å². The number of hydrogen-bond donors (Lipinski definition) is 1. The van der Waals surface area contributed by atoms with E-state index in [-0.39, 0.29) is 23.9 Å². The highest BCUT2D eigenvalue weighted by Gasteiger charge is 2.32. The van der Waals surface area contributed by atoms with Crippen LogP contribution < -0.4 is 0 Å². The zero-order valence-corrected chi connectivity index (χ0v) is 18.6. The fourth-order valence-electron chi connectivity index (χ4n) is 4.18. The van der Waals surface area contributed by atoms with E-state index in [1.807, 2.05) is 0 Å². The minimum Gasteiger partial charge on any atom is -0.481 e. The van der Waals surface area contributed by atoms with E-state index in [9.17, 15) is 9.59 Å². The molecule has 1 N–H and O–H groups in total. The Bertz CT molecular complexity index is 424. The van der Waals surface area contributed by atoms with Crippen molar-refractivity contribution in [3.05, 3.63) is 0 Å². The highest BCUT2D eigenvalue weighted by molar-refractivity contribution is 5.74. The highest BCUT2D eigenvalue weighted by Crippen LogP contribution is 2.30. The van der Waals surface area contributed by atoms with E-state index < -0.39 is 5.97 Å². The third-order valence-corrected chi connectivity index (χ3v) is 6.26. The van der Waals surface area contributed by atoms with Gasteiger partial charge in [0, 0.05) is 0 Å². The molecule has 0 aromatic carbocycles. The molecular formula is C24H44O4. The van der Waals surface area contributed by atoms with Gasteiger partial charge < -0.3 is 9.84 Å². The van der Waals surface area contributed by atoms with Crippen molar-refractivity contribution >= 4 is 11.9 Å². The predicted octanol–water partition coefficient (Wildman–Crippen LogP) is 6.76. The molecule has 4 heteroatoms. The lowest BCUT2D eigenvalue weighted by Gasteiger charge is -2.28. The molecule has 1 aliphatic rings. The summed E-state index contributed by atoms with van der Waals surface area (Å²) in [5.41, 5.74) is 0. The lowest BCUT2D eigenvalue weighted by molar-refractivity contribution is -0.159. The Kier molecular flexibility index (Phi) is 13.3. The van der Waals surface area contributed by atoms with Gasteiger partial charge in [0.15, 0.2) is 0 Å². The topological polar surface area (TPSA) is 63.6 Å². The fourth-order valence-corrected chi connectivity index (χ4v) is 4.18. The van der Waals surface area contributed by atoms with Crippen LogP contribution in [-0.2, 0) is 14.3 Å². The van der Waals surface area contributed by atoms with Crippen LogP contribution in [0.4, 0.5) is 0 Å². The van der Waals surface area contributed by atoms with Gasteiger partial charge in [-0.1, -0.05) is 78.6 Å². The molecule has 4 nitrogen and oxygen atoms in total. The van der Waals surface area contributed by atoms with Crippen molar-refractivity contribution < 1.29 is 19.4 Å². The molecule has 1 saturated carbocycles. The molecule has 0 aromatic heterocycles. The largest absolute Gasteiger partial charge is 0.481 e. The van der Waals surface area contributed by atoms with Crippen LogP contribution in [0, 0.1) is 17.8 Å². The average Bonchev–Trinajstić information content (AvgIpc) is 2.68. The molecule has 0 heterocycles. The van der Waals surface area contributed by atoms with Crippen LogP contribution in [0.2, 0.25) is 0 Å². The van der Waals surface area contributed by atoms with Crippen molar-refractivity contribution in [2.24, 2.45) is 17.8 Å². The second-order valence-corrected chi connectivity index (χ2v) is 9.08. The zero-order valence-electron chi connectivity index (χ0n) is 18.6. The van der Waals surface area contributed by atoms with E-state index in [1.54, 1.807) is 0 Å². The number of carboxylic acid groups (broad SMARTS) is 1. The molecule has 28 heavy (non-hydrogen) atoms. The molecule has 1 aliphatic carbocycles. The molecule has 0 saturated heterocycles. The number of aliphatic carboxylic acids is 1. The van der Waals surface area contributed by atoms with Crippen LogP contribution in [0.25, 0.3) is 0 Å². The van der Waals surface area contributed by atoms with Crippen molar-refractivity contribution in [1.29, 1.82) is 0 Å². The molecule has 1 fully saturated rings. The molecule has 0 spiro atoms. The fraction of sp³-hybridized carbons (Fsp3) is 0.917. The molecule has 164 valence electrons. The summed E-state index contributed by atoms with van der Waals surface area (Å²) < 4.78 is 5.84. The number of carboxylic acids is 1. The van der Waals surface area contributed by atoms with E-state index in [0.717, 1.165) is 12.8 Å². The van der Waals surface area contributed by atoms with Gasteiger partial charge in [0.05, 0.1) is 11.8 Å². The summed E-state index contributed by atoms with van der Waals surface area (Å²) in [6.07, 6.45) is 16.6. The lowest BCUT2D eigenvalue weighted by atomic mass is 9.82. The van der Waals surface area contributed by atoms with E-state index >= 15 is 0 Å². The third kappa shape index (κ3) is 10.5. The summed E-state index contributed by atoms with van der Waals surface area (Å²) in [7, 11) is 0. The average molecular weight is 397 g/mol. The predicted molar refractivity (Wildman–Crippen MR) is 114 cm³/mol. The van der Waals surface area contributed by atoms with E-state index in [0.29, 0.717) is 31.6 Å². The first-order valence-corrected chi connectivity index (χ1v) is 11.9. The van der Waals surface area contributed by atoms with Crippen LogP contribution in [-0.4, -0.2) is 23.1 Å². The quantitative estimate of drug-likeness (QED) is 0.245. The number of hydrogen-bond acceptors (Lipinski definition) is 3. The molecule has 0 radical (unpaired) electrons. The van der Waals surface area contributed by atoms with Gasteiger partial charge in [-0.15, -0.1) is 0 Å². The first-order valence-electron chi connectivity index (χ1n) is 11.9. The Balaban J connectivity index is 2.16. The second kappa shape index (κ2) is 14.9. The van der Waals surface area contributed by atoms with Gasteiger partial charge in [-0.2, -0.15) is 0 Å². The Hall–Kier alpha value is -1.06. The number of rotatable bonds is 15. The van der Waals surface area contributed by atoms with E-state index in [1.165, 1.54) is 57.8 Å². The van der Waals surface area contributed by atoms with Crippen molar-refractivity contribution in [2.75, 3.05) is 0 Å². The monoisotopic (exact) mass is 396 g/mol. The van der Waals surface area contributed by atoms with Gasteiger partial charge in [0.2, 0.25) is 0 Å². The molecule has 1 atom stereocenters. The van der Waals surface area contributed by atoms with Crippen molar-refractivity contribution in [3.63, 3.8) is 0 Å². The van der Waals surface area contributed by atoms with Gasteiger partial charge in [-0.3, -0.25) is 9.59 Å². The maximum atomic E-state index is 12.5. The lowest BCUT2D eigenvalue weighted by Crippen LogP contribution is -2.31. The zero-order chi connectivity index (χ0) is 20.8. The summed E-state index contributed by atoms with van der Waals surface area (Å²) >= 11 is 0. The normalized spacial score (nSPS) is 20.9. The number of esters is 1. The minimum atomic E-state index is -0.729. The molecule has 0 amide bonds. The van der Waals surface area contributed by atoms with Crippen LogP contribution in [0.1, 0.15) is 117 Å². The van der Waals surface area contributed by atoms with Gasteiger partial charge >= 0.3 is 11.9 Å². The first-order chi connectivity index (χ1) is 13.5. The standard InChI is InChI=1S/C24H44O4/c1-4-5-6-7-8-9-10-11-12-13-14-22(19(2)3)28-24(27)21-17-15-20(16-18-21)23(25)26/h19-22H,4-18H2,1-3H3,(H,25,26). The Labute approximate surface area is 172 Å².